The molecule has 0 radical (unpaired) electrons. The van der Waals surface area contributed by atoms with Crippen LogP contribution < -0.4 is 16.0 Å². The van der Waals surface area contributed by atoms with E-state index in [9.17, 15) is 34.8 Å². The van der Waals surface area contributed by atoms with Crippen molar-refractivity contribution in [3.8, 4) is 0 Å². The lowest BCUT2D eigenvalue weighted by molar-refractivity contribution is -0.306. The maximum Gasteiger partial charge on any atom is 0.407 e. The Hall–Kier alpha value is -2.99. The second kappa shape index (κ2) is 28.5. The van der Waals surface area contributed by atoms with Gasteiger partial charge in [-0.3, -0.25) is 4.79 Å². The maximum absolute atomic E-state index is 13.3. The molecule has 3 heterocycles. The minimum absolute atomic E-state index is 0.122. The number of aliphatic hydroxyl groups is 4. The van der Waals surface area contributed by atoms with E-state index in [-0.39, 0.29) is 5.82 Å². The van der Waals surface area contributed by atoms with Crippen molar-refractivity contribution < 1.29 is 58.5 Å². The van der Waals surface area contributed by atoms with Gasteiger partial charge >= 0.3 is 12.2 Å². The molecule has 3 amide bonds. The molecule has 16 heteroatoms. The zero-order valence-corrected chi connectivity index (χ0v) is 35.0. The highest BCUT2D eigenvalue weighted by Gasteiger charge is 2.53. The van der Waals surface area contributed by atoms with Gasteiger partial charge in [0.15, 0.2) is 24.7 Å². The van der Waals surface area contributed by atoms with Gasteiger partial charge in [0, 0.05) is 25.4 Å². The summed E-state index contributed by atoms with van der Waals surface area (Å²) < 4.78 is 29.5. The molecule has 9 atom stereocenters. The lowest BCUT2D eigenvalue weighted by Crippen LogP contribution is -2.59. The average Bonchev–Trinajstić information content (AvgIpc) is 3.52. The van der Waals surface area contributed by atoms with Gasteiger partial charge in [0.05, 0.1) is 13.2 Å². The Bertz CT molecular complexity index is 1220. The van der Waals surface area contributed by atoms with Gasteiger partial charge in [-0.1, -0.05) is 136 Å². The van der Waals surface area contributed by atoms with E-state index in [2.05, 4.69) is 36.4 Å². The smallest absolute Gasteiger partial charge is 0.407 e. The predicted molar refractivity (Wildman–Crippen MR) is 217 cm³/mol. The Kier molecular flexibility index (Phi) is 24.2. The van der Waals surface area contributed by atoms with E-state index in [1.807, 2.05) is 0 Å². The first-order chi connectivity index (χ1) is 28.1. The number of aliphatic hydroxyl groups excluding tert-OH is 4. The maximum atomic E-state index is 13.3. The molecule has 0 bridgehead atoms. The van der Waals surface area contributed by atoms with E-state index < -0.39 is 86.6 Å². The van der Waals surface area contributed by atoms with E-state index >= 15 is 0 Å². The Morgan fingerprint density at radius 2 is 1.19 bits per heavy atom. The molecule has 16 nitrogen and oxygen atoms in total. The molecular weight excluding hydrogens is 752 g/mol. The normalized spacial score (nSPS) is 27.1. The number of nitrogens with one attached hydrogen (secondary N) is 3. The molecule has 3 aliphatic heterocycles. The Labute approximate surface area is 345 Å². The topological polar surface area (TPSA) is 218 Å². The van der Waals surface area contributed by atoms with Crippen LogP contribution in [0.15, 0.2) is 24.7 Å². The molecule has 58 heavy (non-hydrogen) atoms. The average molecular weight is 827 g/mol. The third-order valence-corrected chi connectivity index (χ3v) is 10.9. The SMILES string of the molecule is C=C1NC(=O)C=CN1[C@@H]1O[C@H](CO[C@@H]2OC(CO)[C@@H](O)[C@H](O)C2O)C(OC(=O)NCCCCCCCCCCCC)[C@@H]1OC(=O)NCCCCCCCCCCCC. The largest absolute Gasteiger partial charge is 0.439 e. The van der Waals surface area contributed by atoms with E-state index in [1.165, 1.54) is 94.2 Å². The fourth-order valence-electron chi connectivity index (χ4n) is 7.39. The monoisotopic (exact) mass is 827 g/mol. The second-order valence-electron chi connectivity index (χ2n) is 15.7. The number of hydrogen-bond acceptors (Lipinski definition) is 13. The van der Waals surface area contributed by atoms with E-state index in [0.717, 1.165) is 51.4 Å². The summed E-state index contributed by atoms with van der Waals surface area (Å²) in [5, 5.41) is 49.0. The van der Waals surface area contributed by atoms with E-state index in [0.29, 0.717) is 13.1 Å². The minimum atomic E-state index is -1.69. The molecule has 3 rings (SSSR count). The van der Waals surface area contributed by atoms with Crippen molar-refractivity contribution in [3.05, 3.63) is 24.7 Å². The molecule has 0 aromatic heterocycles. The molecule has 0 aromatic carbocycles. The van der Waals surface area contributed by atoms with Crippen LogP contribution in [0.2, 0.25) is 0 Å². The first-order valence-electron chi connectivity index (χ1n) is 22.0. The predicted octanol–water partition coefficient (Wildman–Crippen LogP) is 4.98. The first-order valence-corrected chi connectivity index (χ1v) is 22.0. The number of carbonyl (C=O) groups is 3. The van der Waals surface area contributed by atoms with Crippen LogP contribution in [0.3, 0.4) is 0 Å². The zero-order valence-electron chi connectivity index (χ0n) is 35.0. The third kappa shape index (κ3) is 17.3. The second-order valence-corrected chi connectivity index (χ2v) is 15.7. The number of nitrogens with zero attached hydrogens (tertiary/aromatic N) is 1. The summed E-state index contributed by atoms with van der Waals surface area (Å²) >= 11 is 0. The van der Waals surface area contributed by atoms with Crippen molar-refractivity contribution in [2.75, 3.05) is 26.3 Å². The van der Waals surface area contributed by atoms with Crippen LogP contribution in [-0.2, 0) is 28.5 Å². The lowest BCUT2D eigenvalue weighted by Gasteiger charge is -2.40. The number of unbranched alkanes of at least 4 members (excludes halogenated alkanes) is 18. The van der Waals surface area contributed by atoms with Gasteiger partial charge in [-0.2, -0.15) is 0 Å². The number of carbonyl (C=O) groups excluding carboxylic acids is 3. The highest BCUT2D eigenvalue weighted by Crippen LogP contribution is 2.33. The molecule has 2 fully saturated rings. The number of alkyl carbamates (subject to hydrolysis) is 2. The van der Waals surface area contributed by atoms with Crippen molar-refractivity contribution in [2.45, 2.75) is 198 Å². The summed E-state index contributed by atoms with van der Waals surface area (Å²) in [4.78, 5) is 40.1. The molecule has 7 N–H and O–H groups in total. The Morgan fingerprint density at radius 3 is 1.67 bits per heavy atom. The van der Waals surface area contributed by atoms with Gasteiger partial charge in [0.2, 0.25) is 0 Å². The number of ether oxygens (including phenoxy) is 5. The molecule has 2 saturated heterocycles. The summed E-state index contributed by atoms with van der Waals surface area (Å²) in [6.07, 6.45) is 11.4. The van der Waals surface area contributed by atoms with Crippen LogP contribution in [-0.4, -0.2) is 125 Å². The quantitative estimate of drug-likeness (QED) is 0.0496. The summed E-state index contributed by atoms with van der Waals surface area (Å²) in [5.41, 5.74) is 0. The zero-order chi connectivity index (χ0) is 42.1. The van der Waals surface area contributed by atoms with E-state index in [1.54, 1.807) is 0 Å². The van der Waals surface area contributed by atoms with Gasteiger partial charge in [-0.05, 0) is 12.8 Å². The molecular formula is C42H74N4O12. The van der Waals surface area contributed by atoms with Crippen LogP contribution in [0.1, 0.15) is 142 Å². The van der Waals surface area contributed by atoms with Gasteiger partial charge in [0.25, 0.3) is 5.91 Å². The van der Waals surface area contributed by atoms with Crippen LogP contribution in [0.25, 0.3) is 0 Å². The molecule has 0 saturated carbocycles. The number of hydrogen-bond donors (Lipinski definition) is 7. The summed E-state index contributed by atoms with van der Waals surface area (Å²) in [6, 6.07) is 0. The van der Waals surface area contributed by atoms with Gasteiger partial charge in [-0.25, -0.2) is 9.59 Å². The number of rotatable bonds is 29. The summed E-state index contributed by atoms with van der Waals surface area (Å²) in [6.45, 7) is 7.99. The minimum Gasteiger partial charge on any atom is -0.439 e. The molecule has 334 valence electrons. The molecule has 3 aliphatic rings. The van der Waals surface area contributed by atoms with Crippen LogP contribution >= 0.6 is 0 Å². The van der Waals surface area contributed by atoms with Crippen molar-refractivity contribution in [3.63, 3.8) is 0 Å². The van der Waals surface area contributed by atoms with Crippen LogP contribution in [0.4, 0.5) is 9.59 Å². The highest BCUT2D eigenvalue weighted by atomic mass is 16.7. The molecule has 0 aromatic rings. The molecule has 0 aliphatic carbocycles. The first kappa shape index (κ1) is 49.4. The van der Waals surface area contributed by atoms with Crippen LogP contribution in [0.5, 0.6) is 0 Å². The van der Waals surface area contributed by atoms with Crippen molar-refractivity contribution >= 4 is 18.1 Å². The fraction of sp³-hybridized carbons (Fsp3) is 0.833. The van der Waals surface area contributed by atoms with Crippen LogP contribution in [0, 0.1) is 0 Å². The third-order valence-electron chi connectivity index (χ3n) is 10.9. The van der Waals surface area contributed by atoms with Gasteiger partial charge < -0.3 is 65.0 Å². The summed E-state index contributed by atoms with van der Waals surface area (Å²) in [5.74, 6) is -0.302. The molecule has 0 spiro atoms. The highest BCUT2D eigenvalue weighted by molar-refractivity contribution is 5.89. The lowest BCUT2D eigenvalue weighted by atomic mass is 9.99. The molecule has 3 unspecified atom stereocenters. The van der Waals surface area contributed by atoms with E-state index in [4.69, 9.17) is 23.7 Å². The van der Waals surface area contributed by atoms with Crippen molar-refractivity contribution in [1.29, 1.82) is 0 Å². The van der Waals surface area contributed by atoms with Gasteiger partial charge in [0.1, 0.15) is 36.3 Å². The standard InChI is InChI=1S/C42H74N4O12/c1-4-6-8-10-12-14-16-18-20-22-25-43-41(52)57-37-32(29-54-40-36(51)35(50)34(49)31(28-47)56-40)55-39(46-27-24-33(48)45-30(46)3)38(37)58-42(53)44-26-23-21-19-17-15-13-11-9-7-5-2/h24,27,31-32,34-40,47,49-51H,3-23,25-26,28-29H2,1-2H3,(H,43,52)(H,44,53)(H,45,48)/t31?,32-,34-,35+,36?,37?,38+,39-,40-/m1/s1. The summed E-state index contributed by atoms with van der Waals surface area (Å²) in [7, 11) is 0. The number of amides is 3. The Morgan fingerprint density at radius 1 is 0.707 bits per heavy atom. The van der Waals surface area contributed by atoms with Crippen molar-refractivity contribution in [1.82, 2.24) is 20.9 Å². The Balaban J connectivity index is 1.65. The van der Waals surface area contributed by atoms with Crippen molar-refractivity contribution in [2.24, 2.45) is 0 Å². The fourth-order valence-corrected chi connectivity index (χ4v) is 7.39. The van der Waals surface area contributed by atoms with Gasteiger partial charge in [-0.15, -0.1) is 0 Å².